The second-order valence-electron chi connectivity index (χ2n) is 5.58. The molecule has 0 bridgehead atoms. The van der Waals surface area contributed by atoms with Crippen molar-refractivity contribution in [2.45, 2.75) is 19.3 Å². The van der Waals surface area contributed by atoms with E-state index < -0.39 is 0 Å². The van der Waals surface area contributed by atoms with Crippen LogP contribution in [0.15, 0.2) is 24.4 Å². The Bertz CT molecular complexity index is 671. The normalized spacial score (nSPS) is 16.3. The predicted octanol–water partition coefficient (Wildman–Crippen LogP) is 1.29. The van der Waals surface area contributed by atoms with E-state index in [0.29, 0.717) is 31.0 Å². The minimum Gasteiger partial charge on any atom is -0.370 e. The van der Waals surface area contributed by atoms with Gasteiger partial charge in [-0.05, 0) is 30.9 Å². The molecule has 21 heavy (non-hydrogen) atoms. The molecule has 6 nitrogen and oxygen atoms in total. The van der Waals surface area contributed by atoms with Crippen molar-refractivity contribution in [1.82, 2.24) is 15.1 Å². The zero-order valence-corrected chi connectivity index (χ0v) is 11.7. The molecule has 1 aromatic heterocycles. The Labute approximate surface area is 122 Å². The van der Waals surface area contributed by atoms with Crippen LogP contribution in [0.25, 0.3) is 10.9 Å². The summed E-state index contributed by atoms with van der Waals surface area (Å²) in [6, 6.07) is 5.56. The highest BCUT2D eigenvalue weighted by atomic mass is 16.2. The van der Waals surface area contributed by atoms with E-state index in [1.54, 1.807) is 6.20 Å². The lowest BCUT2D eigenvalue weighted by atomic mass is 9.93. The summed E-state index contributed by atoms with van der Waals surface area (Å²) >= 11 is 0. The van der Waals surface area contributed by atoms with Crippen LogP contribution >= 0.6 is 0 Å². The number of piperidine rings is 1. The first-order chi connectivity index (χ1) is 10.1. The number of benzene rings is 1. The molecule has 0 aliphatic carbocycles. The van der Waals surface area contributed by atoms with Crippen molar-refractivity contribution >= 4 is 22.7 Å². The number of aromatic nitrogens is 2. The number of fused-ring (bicyclic) bond motifs is 1. The Hall–Kier alpha value is -2.37. The van der Waals surface area contributed by atoms with E-state index in [2.05, 4.69) is 10.2 Å². The summed E-state index contributed by atoms with van der Waals surface area (Å²) in [7, 11) is 0. The van der Waals surface area contributed by atoms with E-state index in [4.69, 9.17) is 5.73 Å². The molecule has 110 valence electrons. The number of rotatable bonds is 3. The number of nitrogens with one attached hydrogen (secondary N) is 1. The van der Waals surface area contributed by atoms with Gasteiger partial charge in [-0.1, -0.05) is 6.07 Å². The largest absolute Gasteiger partial charge is 0.370 e. The Morgan fingerprint density at radius 3 is 2.81 bits per heavy atom. The number of hydrogen-bond acceptors (Lipinski definition) is 3. The summed E-state index contributed by atoms with van der Waals surface area (Å²) in [5.74, 6) is 0.0788. The number of carbonyl (C=O) groups excluding carboxylic acids is 2. The van der Waals surface area contributed by atoms with Crippen LogP contribution < -0.4 is 5.73 Å². The van der Waals surface area contributed by atoms with Gasteiger partial charge < -0.3 is 10.6 Å². The van der Waals surface area contributed by atoms with E-state index in [0.717, 1.165) is 23.7 Å². The predicted molar refractivity (Wildman–Crippen MR) is 78.5 cm³/mol. The second kappa shape index (κ2) is 5.55. The maximum Gasteiger partial charge on any atom is 0.253 e. The summed E-state index contributed by atoms with van der Waals surface area (Å²) in [4.78, 5) is 25.3. The number of nitrogens with zero attached hydrogens (tertiary/aromatic N) is 2. The van der Waals surface area contributed by atoms with Crippen molar-refractivity contribution in [3.05, 3.63) is 30.0 Å². The lowest BCUT2D eigenvalue weighted by molar-refractivity contribution is -0.119. The van der Waals surface area contributed by atoms with Crippen LogP contribution in [0.4, 0.5) is 0 Å². The molecule has 3 rings (SSSR count). The minimum absolute atomic E-state index is 0.0315. The van der Waals surface area contributed by atoms with Gasteiger partial charge >= 0.3 is 0 Å². The van der Waals surface area contributed by atoms with Crippen LogP contribution in [0, 0.1) is 5.92 Å². The summed E-state index contributed by atoms with van der Waals surface area (Å²) in [5, 5.41) is 7.82. The van der Waals surface area contributed by atoms with E-state index in [9.17, 15) is 9.59 Å². The van der Waals surface area contributed by atoms with E-state index in [1.807, 2.05) is 23.1 Å². The molecule has 0 spiro atoms. The third-order valence-electron chi connectivity index (χ3n) is 4.08. The first-order valence-corrected chi connectivity index (χ1v) is 7.14. The highest BCUT2D eigenvalue weighted by Crippen LogP contribution is 2.22. The molecule has 0 unspecified atom stereocenters. The van der Waals surface area contributed by atoms with E-state index in [1.165, 1.54) is 0 Å². The van der Waals surface area contributed by atoms with Gasteiger partial charge in [-0.15, -0.1) is 0 Å². The lowest BCUT2D eigenvalue weighted by Crippen LogP contribution is -2.39. The van der Waals surface area contributed by atoms with Crippen molar-refractivity contribution in [1.29, 1.82) is 0 Å². The zero-order chi connectivity index (χ0) is 14.8. The average Bonchev–Trinajstić information content (AvgIpc) is 2.94. The number of amides is 2. The fourth-order valence-corrected chi connectivity index (χ4v) is 2.88. The molecule has 0 atom stereocenters. The van der Waals surface area contributed by atoms with Crippen LogP contribution in [-0.4, -0.2) is 40.0 Å². The standard InChI is InChI=1S/C15H18N4O2/c16-14(20)7-10-3-5-19(6-4-10)15(21)11-1-2-12-9-17-18-13(12)8-11/h1-2,8-10H,3-7H2,(H2,16,20)(H,17,18). The van der Waals surface area contributed by atoms with Crippen LogP contribution in [0.3, 0.4) is 0 Å². The van der Waals surface area contributed by atoms with Crippen molar-refractivity contribution in [2.75, 3.05) is 13.1 Å². The number of hydrogen-bond donors (Lipinski definition) is 2. The van der Waals surface area contributed by atoms with Crippen LogP contribution in [-0.2, 0) is 4.79 Å². The molecule has 1 fully saturated rings. The third kappa shape index (κ3) is 2.89. The molecular weight excluding hydrogens is 268 g/mol. The first kappa shape index (κ1) is 13.6. The molecule has 0 saturated carbocycles. The van der Waals surface area contributed by atoms with Gasteiger partial charge in [0.1, 0.15) is 0 Å². The van der Waals surface area contributed by atoms with Crippen molar-refractivity contribution in [3.8, 4) is 0 Å². The number of primary amides is 1. The third-order valence-corrected chi connectivity index (χ3v) is 4.08. The van der Waals surface area contributed by atoms with Crippen molar-refractivity contribution in [2.24, 2.45) is 11.7 Å². The monoisotopic (exact) mass is 286 g/mol. The topological polar surface area (TPSA) is 92.1 Å². The Morgan fingerprint density at radius 2 is 2.10 bits per heavy atom. The van der Waals surface area contributed by atoms with Crippen LogP contribution in [0.5, 0.6) is 0 Å². The Kier molecular flexibility index (Phi) is 3.60. The number of H-pyrrole nitrogens is 1. The summed E-state index contributed by atoms with van der Waals surface area (Å²) < 4.78 is 0. The molecule has 6 heteroatoms. The lowest BCUT2D eigenvalue weighted by Gasteiger charge is -2.31. The fourth-order valence-electron chi connectivity index (χ4n) is 2.88. The smallest absolute Gasteiger partial charge is 0.253 e. The Morgan fingerprint density at radius 1 is 1.33 bits per heavy atom. The SMILES string of the molecule is NC(=O)CC1CCN(C(=O)c2ccc3cn[nH]c3c2)CC1. The molecule has 2 aromatic rings. The van der Waals surface area contributed by atoms with E-state index >= 15 is 0 Å². The zero-order valence-electron chi connectivity index (χ0n) is 11.7. The van der Waals surface area contributed by atoms with Gasteiger partial charge in [-0.2, -0.15) is 5.10 Å². The number of likely N-dealkylation sites (tertiary alicyclic amines) is 1. The molecule has 2 heterocycles. The first-order valence-electron chi connectivity index (χ1n) is 7.14. The minimum atomic E-state index is -0.260. The summed E-state index contributed by atoms with van der Waals surface area (Å²) in [6.45, 7) is 1.36. The highest BCUT2D eigenvalue weighted by Gasteiger charge is 2.24. The van der Waals surface area contributed by atoms with Gasteiger partial charge in [0.2, 0.25) is 5.91 Å². The molecule has 0 radical (unpaired) electrons. The van der Waals surface area contributed by atoms with Crippen molar-refractivity contribution < 1.29 is 9.59 Å². The molecular formula is C15H18N4O2. The van der Waals surface area contributed by atoms with Gasteiger partial charge in [0.05, 0.1) is 11.7 Å². The number of carbonyl (C=O) groups is 2. The molecule has 1 aliphatic rings. The van der Waals surface area contributed by atoms with Gasteiger partial charge in [-0.25, -0.2) is 0 Å². The molecule has 2 amide bonds. The van der Waals surface area contributed by atoms with Gasteiger partial charge in [-0.3, -0.25) is 14.7 Å². The number of aromatic amines is 1. The highest BCUT2D eigenvalue weighted by molar-refractivity contribution is 5.97. The second-order valence-corrected chi connectivity index (χ2v) is 5.58. The van der Waals surface area contributed by atoms with Crippen LogP contribution in [0.2, 0.25) is 0 Å². The van der Waals surface area contributed by atoms with E-state index in [-0.39, 0.29) is 11.8 Å². The Balaban J connectivity index is 1.67. The van der Waals surface area contributed by atoms with Gasteiger partial charge in [0.25, 0.3) is 5.91 Å². The molecule has 1 saturated heterocycles. The fraction of sp³-hybridized carbons (Fsp3) is 0.400. The maximum absolute atomic E-state index is 12.5. The average molecular weight is 286 g/mol. The van der Waals surface area contributed by atoms with Crippen LogP contribution in [0.1, 0.15) is 29.6 Å². The molecule has 1 aliphatic heterocycles. The van der Waals surface area contributed by atoms with Gasteiger partial charge in [0, 0.05) is 30.5 Å². The quantitative estimate of drug-likeness (QED) is 0.890. The summed E-state index contributed by atoms with van der Waals surface area (Å²) in [6.07, 6.45) is 3.82. The number of nitrogens with two attached hydrogens (primary N) is 1. The maximum atomic E-state index is 12.5. The summed E-state index contributed by atoms with van der Waals surface area (Å²) in [5.41, 5.74) is 6.75. The van der Waals surface area contributed by atoms with Gasteiger partial charge in [0.15, 0.2) is 0 Å². The molecule has 1 aromatic carbocycles. The molecule has 3 N–H and O–H groups in total. The van der Waals surface area contributed by atoms with Crippen molar-refractivity contribution in [3.63, 3.8) is 0 Å².